The van der Waals surface area contributed by atoms with Crippen LogP contribution in [0.25, 0.3) is 0 Å². The van der Waals surface area contributed by atoms with Gasteiger partial charge in [0, 0.05) is 18.1 Å². The Bertz CT molecular complexity index is 831. The molecule has 0 aliphatic carbocycles. The van der Waals surface area contributed by atoms with Crippen LogP contribution in [0, 0.1) is 0 Å². The lowest BCUT2D eigenvalue weighted by molar-refractivity contribution is 0.135. The van der Waals surface area contributed by atoms with E-state index in [-0.39, 0.29) is 11.0 Å². The maximum atomic E-state index is 12.8. The number of benzene rings is 2. The smallest absolute Gasteiger partial charge is 0.243 e. The lowest BCUT2D eigenvalue weighted by Crippen LogP contribution is -2.41. The number of hydrogen-bond donors (Lipinski definition) is 0. The Morgan fingerprint density at radius 2 is 1.77 bits per heavy atom. The van der Waals surface area contributed by atoms with Crippen LogP contribution < -0.4 is 9.47 Å². The van der Waals surface area contributed by atoms with Gasteiger partial charge in [0.25, 0.3) is 0 Å². The highest BCUT2D eigenvalue weighted by Crippen LogP contribution is 2.26. The molecule has 0 spiro atoms. The number of sulfonamides is 1. The molecular weight excluding hydrogens is 374 g/mol. The highest BCUT2D eigenvalue weighted by atomic mass is 35.5. The van der Waals surface area contributed by atoms with E-state index in [1.54, 1.807) is 36.4 Å². The van der Waals surface area contributed by atoms with Gasteiger partial charge in [-0.05, 0) is 62.2 Å². The van der Waals surface area contributed by atoms with Crippen molar-refractivity contribution < 1.29 is 17.9 Å². The van der Waals surface area contributed by atoms with Crippen LogP contribution in [0.5, 0.6) is 11.5 Å². The molecule has 2 aromatic rings. The van der Waals surface area contributed by atoms with Crippen LogP contribution in [0.15, 0.2) is 53.4 Å². The van der Waals surface area contributed by atoms with Crippen molar-refractivity contribution in [2.75, 3.05) is 19.7 Å². The van der Waals surface area contributed by atoms with Crippen LogP contribution in [0.2, 0.25) is 5.02 Å². The Kier molecular flexibility index (Phi) is 6.06. The second-order valence-electron chi connectivity index (χ2n) is 6.08. The van der Waals surface area contributed by atoms with Gasteiger partial charge in [-0.15, -0.1) is 0 Å². The summed E-state index contributed by atoms with van der Waals surface area (Å²) in [5.74, 6) is 1.38. The summed E-state index contributed by atoms with van der Waals surface area (Å²) in [6, 6.07) is 13.8. The van der Waals surface area contributed by atoms with E-state index in [0.29, 0.717) is 49.1 Å². The van der Waals surface area contributed by atoms with E-state index in [2.05, 4.69) is 0 Å². The molecule has 0 saturated carbocycles. The molecule has 1 aliphatic rings. The van der Waals surface area contributed by atoms with Crippen molar-refractivity contribution in [2.24, 2.45) is 0 Å². The van der Waals surface area contributed by atoms with E-state index < -0.39 is 10.0 Å². The van der Waals surface area contributed by atoms with Crippen molar-refractivity contribution in [3.05, 3.63) is 53.6 Å². The first-order chi connectivity index (χ1) is 12.5. The van der Waals surface area contributed by atoms with Gasteiger partial charge in [0.2, 0.25) is 10.0 Å². The number of ether oxygens (including phenoxy) is 2. The molecule has 1 saturated heterocycles. The maximum Gasteiger partial charge on any atom is 0.243 e. The largest absolute Gasteiger partial charge is 0.494 e. The molecule has 1 heterocycles. The Hall–Kier alpha value is -1.76. The van der Waals surface area contributed by atoms with E-state index in [9.17, 15) is 8.42 Å². The Balaban J connectivity index is 1.61. The molecule has 140 valence electrons. The van der Waals surface area contributed by atoms with Gasteiger partial charge in [0.05, 0.1) is 11.5 Å². The summed E-state index contributed by atoms with van der Waals surface area (Å²) >= 11 is 5.97. The zero-order chi connectivity index (χ0) is 18.6. The fourth-order valence-corrected chi connectivity index (χ4v) is 4.60. The minimum absolute atomic E-state index is 0.0137. The minimum Gasteiger partial charge on any atom is -0.494 e. The molecule has 2 aromatic carbocycles. The predicted octanol–water partition coefficient (Wildman–Crippen LogP) is 3.97. The fourth-order valence-electron chi connectivity index (χ4n) is 2.95. The van der Waals surface area contributed by atoms with Crippen molar-refractivity contribution >= 4 is 21.6 Å². The average Bonchev–Trinajstić information content (AvgIpc) is 2.63. The van der Waals surface area contributed by atoms with Crippen LogP contribution >= 0.6 is 11.6 Å². The number of hydrogen-bond acceptors (Lipinski definition) is 4. The van der Waals surface area contributed by atoms with Gasteiger partial charge in [-0.25, -0.2) is 8.42 Å². The van der Waals surface area contributed by atoms with Crippen molar-refractivity contribution in [2.45, 2.75) is 30.8 Å². The van der Waals surface area contributed by atoms with Crippen LogP contribution in [0.4, 0.5) is 0 Å². The summed E-state index contributed by atoms with van der Waals surface area (Å²) in [6.45, 7) is 3.30. The standard InChI is InChI=1S/C19H22ClNO4S/c1-2-24-16-6-8-19(9-7-16)26(22,23)21-12-10-17(11-13-21)25-18-5-3-4-15(20)14-18/h3-9,14,17H,2,10-13H2,1H3. The molecule has 0 unspecified atom stereocenters. The van der Waals surface area contributed by atoms with E-state index in [1.807, 2.05) is 19.1 Å². The Labute approximate surface area is 159 Å². The molecular formula is C19H22ClNO4S. The van der Waals surface area contributed by atoms with Crippen molar-refractivity contribution in [1.82, 2.24) is 4.31 Å². The highest BCUT2D eigenvalue weighted by Gasteiger charge is 2.30. The average molecular weight is 396 g/mol. The van der Waals surface area contributed by atoms with E-state index in [4.69, 9.17) is 21.1 Å². The molecule has 0 atom stereocenters. The van der Waals surface area contributed by atoms with Crippen molar-refractivity contribution in [1.29, 1.82) is 0 Å². The van der Waals surface area contributed by atoms with Gasteiger partial charge in [-0.2, -0.15) is 4.31 Å². The first-order valence-electron chi connectivity index (χ1n) is 8.64. The maximum absolute atomic E-state index is 12.8. The first kappa shape index (κ1) is 19.0. The number of piperidine rings is 1. The predicted molar refractivity (Wildman–Crippen MR) is 101 cm³/mol. The van der Waals surface area contributed by atoms with Crippen LogP contribution in [0.3, 0.4) is 0 Å². The SMILES string of the molecule is CCOc1ccc(S(=O)(=O)N2CCC(Oc3cccc(Cl)c3)CC2)cc1. The normalized spacial score (nSPS) is 16.4. The third kappa shape index (κ3) is 4.50. The van der Waals surface area contributed by atoms with E-state index in [0.717, 1.165) is 0 Å². The molecule has 7 heteroatoms. The molecule has 0 radical (unpaired) electrons. The molecule has 1 aliphatic heterocycles. The van der Waals surface area contributed by atoms with Gasteiger partial charge in [0.15, 0.2) is 0 Å². The topological polar surface area (TPSA) is 55.8 Å². The minimum atomic E-state index is -3.50. The molecule has 1 fully saturated rings. The van der Waals surface area contributed by atoms with E-state index >= 15 is 0 Å². The van der Waals surface area contributed by atoms with Gasteiger partial charge >= 0.3 is 0 Å². The Morgan fingerprint density at radius 3 is 2.38 bits per heavy atom. The number of rotatable bonds is 6. The second-order valence-corrected chi connectivity index (χ2v) is 8.46. The van der Waals surface area contributed by atoms with Crippen LogP contribution in [-0.4, -0.2) is 38.5 Å². The molecule has 5 nitrogen and oxygen atoms in total. The first-order valence-corrected chi connectivity index (χ1v) is 10.5. The molecule has 0 bridgehead atoms. The molecule has 0 amide bonds. The fraction of sp³-hybridized carbons (Fsp3) is 0.368. The number of halogens is 1. The lowest BCUT2D eigenvalue weighted by Gasteiger charge is -2.31. The summed E-state index contributed by atoms with van der Waals surface area (Å²) in [5.41, 5.74) is 0. The van der Waals surface area contributed by atoms with Crippen molar-refractivity contribution in [3.8, 4) is 11.5 Å². The quantitative estimate of drug-likeness (QED) is 0.742. The van der Waals surface area contributed by atoms with Crippen molar-refractivity contribution in [3.63, 3.8) is 0 Å². The Morgan fingerprint density at radius 1 is 1.08 bits per heavy atom. The summed E-state index contributed by atoms with van der Waals surface area (Å²) in [5, 5.41) is 0.623. The second kappa shape index (κ2) is 8.29. The zero-order valence-corrected chi connectivity index (χ0v) is 16.2. The van der Waals surface area contributed by atoms with Crippen LogP contribution in [-0.2, 0) is 10.0 Å². The summed E-state index contributed by atoms with van der Waals surface area (Å²) in [4.78, 5) is 0.287. The monoisotopic (exact) mass is 395 g/mol. The number of nitrogens with zero attached hydrogens (tertiary/aromatic N) is 1. The third-order valence-corrected chi connectivity index (χ3v) is 6.42. The summed E-state index contributed by atoms with van der Waals surface area (Å²) in [7, 11) is -3.50. The molecule has 0 N–H and O–H groups in total. The third-order valence-electron chi connectivity index (χ3n) is 4.27. The lowest BCUT2D eigenvalue weighted by atomic mass is 10.1. The summed E-state index contributed by atoms with van der Waals surface area (Å²) < 4.78 is 38.4. The highest BCUT2D eigenvalue weighted by molar-refractivity contribution is 7.89. The zero-order valence-electron chi connectivity index (χ0n) is 14.6. The van der Waals surface area contributed by atoms with E-state index in [1.165, 1.54) is 4.31 Å². The van der Waals surface area contributed by atoms with Gasteiger partial charge in [-0.3, -0.25) is 0 Å². The van der Waals surface area contributed by atoms with Crippen LogP contribution in [0.1, 0.15) is 19.8 Å². The molecule has 3 rings (SSSR count). The van der Waals surface area contributed by atoms with Gasteiger partial charge < -0.3 is 9.47 Å². The summed E-state index contributed by atoms with van der Waals surface area (Å²) in [6.07, 6.45) is 1.27. The van der Waals surface area contributed by atoms with Gasteiger partial charge in [-0.1, -0.05) is 17.7 Å². The molecule has 26 heavy (non-hydrogen) atoms. The molecule has 0 aromatic heterocycles. The van der Waals surface area contributed by atoms with Gasteiger partial charge in [0.1, 0.15) is 17.6 Å².